The van der Waals surface area contributed by atoms with Crippen LogP contribution in [-0.2, 0) is 38.1 Å². The first-order valence-corrected chi connectivity index (χ1v) is 10.2. The van der Waals surface area contributed by atoms with Crippen LogP contribution in [0.1, 0.15) is 6.42 Å². The first-order valence-electron chi connectivity index (χ1n) is 10.2. The van der Waals surface area contributed by atoms with Crippen molar-refractivity contribution in [3.8, 4) is 0 Å². The normalized spacial score (nSPS) is 13.1. The van der Waals surface area contributed by atoms with Crippen LogP contribution in [0.5, 0.6) is 0 Å². The number of rotatable bonds is 17. The van der Waals surface area contributed by atoms with Crippen molar-refractivity contribution in [1.82, 2.24) is 10.2 Å². The summed E-state index contributed by atoms with van der Waals surface area (Å²) in [4.78, 5) is 44.2. The van der Waals surface area contributed by atoms with Gasteiger partial charge in [0.05, 0.1) is 52.9 Å². The molecule has 0 aromatic heterocycles. The largest absolute Gasteiger partial charge is 0.490 e. The van der Waals surface area contributed by atoms with Crippen molar-refractivity contribution in [2.75, 3.05) is 72.5 Å². The van der Waals surface area contributed by atoms with E-state index in [4.69, 9.17) is 34.6 Å². The molecule has 0 bridgehead atoms. The lowest BCUT2D eigenvalue weighted by Gasteiger charge is -2.13. The number of carbonyl (C=O) groups is 4. The van der Waals surface area contributed by atoms with Crippen molar-refractivity contribution >= 4 is 23.7 Å². The van der Waals surface area contributed by atoms with Gasteiger partial charge in [0.15, 0.2) is 0 Å². The summed E-state index contributed by atoms with van der Waals surface area (Å²) >= 11 is 0. The van der Waals surface area contributed by atoms with Gasteiger partial charge in [-0.25, -0.2) is 4.79 Å². The minimum atomic E-state index is -5.08. The summed E-state index contributed by atoms with van der Waals surface area (Å²) < 4.78 is 52.8. The maximum absolute atomic E-state index is 11.6. The van der Waals surface area contributed by atoms with Crippen LogP contribution in [0.3, 0.4) is 0 Å². The molecule has 12 nitrogen and oxygen atoms in total. The molecule has 15 heteroatoms. The van der Waals surface area contributed by atoms with Crippen molar-refractivity contribution in [2.24, 2.45) is 5.73 Å². The first-order chi connectivity index (χ1) is 16.1. The van der Waals surface area contributed by atoms with E-state index in [1.807, 2.05) is 0 Å². The van der Waals surface area contributed by atoms with E-state index in [1.165, 1.54) is 12.2 Å². The van der Waals surface area contributed by atoms with Gasteiger partial charge in [-0.2, -0.15) is 13.2 Å². The molecule has 0 aromatic carbocycles. The van der Waals surface area contributed by atoms with E-state index in [-0.39, 0.29) is 30.7 Å². The lowest BCUT2D eigenvalue weighted by Crippen LogP contribution is -2.35. The Morgan fingerprint density at radius 2 is 1.29 bits per heavy atom. The molecule has 0 fully saturated rings. The van der Waals surface area contributed by atoms with Gasteiger partial charge in [0.25, 0.3) is 11.8 Å². The Kier molecular flexibility index (Phi) is 17.4. The third-order valence-electron chi connectivity index (χ3n) is 3.65. The predicted octanol–water partition coefficient (Wildman–Crippen LogP) is -0.924. The van der Waals surface area contributed by atoms with Crippen molar-refractivity contribution in [1.29, 1.82) is 0 Å². The molecular formula is C19H30F3N3O9. The van der Waals surface area contributed by atoms with Gasteiger partial charge >= 0.3 is 12.1 Å². The van der Waals surface area contributed by atoms with Crippen LogP contribution in [0.25, 0.3) is 0 Å². The first kappa shape index (κ1) is 31.4. The number of carbonyl (C=O) groups excluding carboxylic acids is 3. The molecule has 0 spiro atoms. The standard InChI is InChI=1S/C17H29N3O7.C2HF3O2/c18-4-7-24-9-11-26-13-14-27-12-10-25-8-5-19-15(21)3-6-20-16(22)1-2-17(20)23;3-2(4,5)1(6)7/h1-2H,3-14,18H2,(H,19,21);(H,6,7). The Labute approximate surface area is 194 Å². The molecule has 1 aliphatic heterocycles. The van der Waals surface area contributed by atoms with Crippen molar-refractivity contribution in [3.05, 3.63) is 12.2 Å². The second kappa shape index (κ2) is 18.8. The Bertz CT molecular complexity index is 643. The zero-order valence-electron chi connectivity index (χ0n) is 18.5. The highest BCUT2D eigenvalue weighted by Gasteiger charge is 2.38. The number of hydrogen-bond acceptors (Lipinski definition) is 9. The smallest absolute Gasteiger partial charge is 0.475 e. The molecule has 0 aromatic rings. The van der Waals surface area contributed by atoms with Crippen molar-refractivity contribution in [2.45, 2.75) is 12.6 Å². The van der Waals surface area contributed by atoms with E-state index in [0.29, 0.717) is 65.9 Å². The van der Waals surface area contributed by atoms with Gasteiger partial charge in [-0.1, -0.05) is 0 Å². The van der Waals surface area contributed by atoms with E-state index >= 15 is 0 Å². The topological polar surface area (TPSA) is 167 Å². The molecule has 1 aliphatic rings. The third kappa shape index (κ3) is 17.0. The molecule has 0 atom stereocenters. The molecular weight excluding hydrogens is 471 g/mol. The van der Waals surface area contributed by atoms with E-state index in [1.54, 1.807) is 0 Å². The number of amides is 3. The monoisotopic (exact) mass is 501 g/mol. The SMILES string of the molecule is NCCOCCOCCOCCOCCNC(=O)CCN1C(=O)C=CC1=O.O=C(O)C(F)(F)F. The van der Waals surface area contributed by atoms with Crippen LogP contribution < -0.4 is 11.1 Å². The fraction of sp³-hybridized carbons (Fsp3) is 0.684. The second-order valence-electron chi connectivity index (χ2n) is 6.30. The average Bonchev–Trinajstić information content (AvgIpc) is 3.09. The molecule has 0 saturated heterocycles. The lowest BCUT2D eigenvalue weighted by molar-refractivity contribution is -0.192. The minimum Gasteiger partial charge on any atom is -0.475 e. The molecule has 3 amide bonds. The summed E-state index contributed by atoms with van der Waals surface area (Å²) in [5.41, 5.74) is 5.28. The molecule has 0 aliphatic carbocycles. The van der Waals surface area contributed by atoms with Crippen LogP contribution in [0, 0.1) is 0 Å². The van der Waals surface area contributed by atoms with E-state index in [9.17, 15) is 27.6 Å². The highest BCUT2D eigenvalue weighted by Crippen LogP contribution is 2.13. The highest BCUT2D eigenvalue weighted by molar-refractivity contribution is 6.13. The zero-order valence-corrected chi connectivity index (χ0v) is 18.5. The maximum atomic E-state index is 11.6. The molecule has 34 heavy (non-hydrogen) atoms. The molecule has 196 valence electrons. The fourth-order valence-electron chi connectivity index (χ4n) is 2.06. The number of carboxylic acids is 1. The number of nitrogens with zero attached hydrogens (tertiary/aromatic N) is 1. The number of hydrogen-bond donors (Lipinski definition) is 3. The molecule has 0 unspecified atom stereocenters. The van der Waals surface area contributed by atoms with Gasteiger partial charge in [-0.3, -0.25) is 19.3 Å². The van der Waals surface area contributed by atoms with Crippen LogP contribution in [0.4, 0.5) is 13.2 Å². The minimum absolute atomic E-state index is 0.0690. The fourth-order valence-corrected chi connectivity index (χ4v) is 2.06. The maximum Gasteiger partial charge on any atom is 0.490 e. The van der Waals surface area contributed by atoms with E-state index < -0.39 is 12.1 Å². The van der Waals surface area contributed by atoms with Crippen LogP contribution >= 0.6 is 0 Å². The number of carboxylic acid groups (broad SMARTS) is 1. The Balaban J connectivity index is 0.00000135. The number of nitrogens with two attached hydrogens (primary N) is 1. The number of aliphatic carboxylic acids is 1. The van der Waals surface area contributed by atoms with E-state index in [2.05, 4.69) is 5.32 Å². The Morgan fingerprint density at radius 1 is 0.882 bits per heavy atom. The summed E-state index contributed by atoms with van der Waals surface area (Å²) in [7, 11) is 0. The summed E-state index contributed by atoms with van der Waals surface area (Å²) in [6.45, 7) is 4.66. The number of nitrogens with one attached hydrogen (secondary N) is 1. The van der Waals surface area contributed by atoms with Crippen molar-refractivity contribution in [3.63, 3.8) is 0 Å². The Morgan fingerprint density at radius 3 is 1.71 bits per heavy atom. The molecule has 1 heterocycles. The van der Waals surface area contributed by atoms with Crippen LogP contribution in [-0.4, -0.2) is 112 Å². The number of imide groups is 1. The number of alkyl halides is 3. The molecule has 1 rings (SSSR count). The van der Waals surface area contributed by atoms with Gasteiger partial charge in [0.2, 0.25) is 5.91 Å². The Hall–Kier alpha value is -2.59. The van der Waals surface area contributed by atoms with Crippen LogP contribution in [0.15, 0.2) is 12.2 Å². The summed E-state index contributed by atoms with van der Waals surface area (Å²) in [5.74, 6) is -3.77. The summed E-state index contributed by atoms with van der Waals surface area (Å²) in [6.07, 6.45) is -2.63. The molecule has 0 radical (unpaired) electrons. The molecule has 0 saturated carbocycles. The molecule has 4 N–H and O–H groups in total. The quantitative estimate of drug-likeness (QED) is 0.167. The average molecular weight is 501 g/mol. The number of halogens is 3. The second-order valence-corrected chi connectivity index (χ2v) is 6.30. The number of ether oxygens (including phenoxy) is 4. The summed E-state index contributed by atoms with van der Waals surface area (Å²) in [5, 5.41) is 9.79. The third-order valence-corrected chi connectivity index (χ3v) is 3.65. The lowest BCUT2D eigenvalue weighted by atomic mass is 10.3. The van der Waals surface area contributed by atoms with Gasteiger partial charge < -0.3 is 35.1 Å². The van der Waals surface area contributed by atoms with Gasteiger partial charge in [-0.15, -0.1) is 0 Å². The highest BCUT2D eigenvalue weighted by atomic mass is 19.4. The predicted molar refractivity (Wildman–Crippen MR) is 110 cm³/mol. The van der Waals surface area contributed by atoms with Crippen molar-refractivity contribution < 1.29 is 56.4 Å². The summed E-state index contributed by atoms with van der Waals surface area (Å²) in [6, 6.07) is 0. The van der Waals surface area contributed by atoms with Gasteiger partial charge in [0, 0.05) is 38.2 Å². The van der Waals surface area contributed by atoms with Gasteiger partial charge in [-0.05, 0) is 0 Å². The van der Waals surface area contributed by atoms with E-state index in [0.717, 1.165) is 4.90 Å². The zero-order chi connectivity index (χ0) is 25.8. The van der Waals surface area contributed by atoms with Gasteiger partial charge in [0.1, 0.15) is 0 Å². The van der Waals surface area contributed by atoms with Crippen LogP contribution in [0.2, 0.25) is 0 Å².